The van der Waals surface area contributed by atoms with Gasteiger partial charge in [0, 0.05) is 30.4 Å². The lowest BCUT2D eigenvalue weighted by Crippen LogP contribution is -2.23. The van der Waals surface area contributed by atoms with Gasteiger partial charge in [0.2, 0.25) is 0 Å². The molecule has 0 atom stereocenters. The number of benzene rings is 3. The number of nitriles is 1. The Labute approximate surface area is 190 Å². The number of nitro groups is 1. The molecule has 0 saturated carbocycles. The summed E-state index contributed by atoms with van der Waals surface area (Å²) in [6.45, 7) is 0.218. The Balaban J connectivity index is 1.83. The number of nitrogens with one attached hydrogen (secondary N) is 1. The number of halogens is 1. The SMILES string of the molecule is CN(c1ccccc1)c1ccc(/C=C(/C#N)C(=O)NCc2ccc(Cl)cc2)cc1[N+](=O)[O-]. The molecule has 160 valence electrons. The van der Waals surface area contributed by atoms with Gasteiger partial charge in [0.15, 0.2) is 0 Å². The lowest BCUT2D eigenvalue weighted by atomic mass is 10.1. The number of rotatable bonds is 7. The molecule has 1 N–H and O–H groups in total. The maximum absolute atomic E-state index is 12.4. The van der Waals surface area contributed by atoms with Gasteiger partial charge in [-0.1, -0.05) is 48.0 Å². The molecule has 0 fully saturated rings. The molecule has 0 aliphatic heterocycles. The van der Waals surface area contributed by atoms with E-state index in [1.54, 1.807) is 48.3 Å². The number of nitrogens with zero attached hydrogens (tertiary/aromatic N) is 3. The van der Waals surface area contributed by atoms with Crippen molar-refractivity contribution in [3.05, 3.63) is 105 Å². The first kappa shape index (κ1) is 22.5. The molecule has 0 heterocycles. The number of anilines is 2. The van der Waals surface area contributed by atoms with Gasteiger partial charge in [0.05, 0.1) is 4.92 Å². The van der Waals surface area contributed by atoms with Gasteiger partial charge < -0.3 is 10.2 Å². The van der Waals surface area contributed by atoms with Crippen LogP contribution >= 0.6 is 11.6 Å². The zero-order valence-electron chi connectivity index (χ0n) is 17.2. The molecule has 0 aliphatic rings. The molecule has 0 unspecified atom stereocenters. The first-order valence-electron chi connectivity index (χ1n) is 9.60. The van der Waals surface area contributed by atoms with Gasteiger partial charge in [-0.2, -0.15) is 5.26 Å². The Morgan fingerprint density at radius 3 is 2.47 bits per heavy atom. The minimum Gasteiger partial charge on any atom is -0.347 e. The Hall–Kier alpha value is -4.15. The highest BCUT2D eigenvalue weighted by molar-refractivity contribution is 6.30. The highest BCUT2D eigenvalue weighted by Crippen LogP contribution is 2.33. The Bertz CT molecular complexity index is 1200. The highest BCUT2D eigenvalue weighted by Gasteiger charge is 2.19. The fraction of sp³-hybridized carbons (Fsp3) is 0.0833. The van der Waals surface area contributed by atoms with Crippen LogP contribution in [0.25, 0.3) is 6.08 Å². The summed E-state index contributed by atoms with van der Waals surface area (Å²) in [6.07, 6.45) is 1.33. The van der Waals surface area contributed by atoms with Crippen molar-refractivity contribution in [1.29, 1.82) is 5.26 Å². The third kappa shape index (κ3) is 5.50. The third-order valence-electron chi connectivity index (χ3n) is 4.74. The summed E-state index contributed by atoms with van der Waals surface area (Å²) >= 11 is 5.85. The monoisotopic (exact) mass is 446 g/mol. The first-order chi connectivity index (χ1) is 15.4. The van der Waals surface area contributed by atoms with Crippen LogP contribution in [0, 0.1) is 21.4 Å². The normalized spacial score (nSPS) is 10.8. The molecule has 0 aromatic heterocycles. The van der Waals surface area contributed by atoms with Crippen LogP contribution in [-0.2, 0) is 11.3 Å². The summed E-state index contributed by atoms with van der Waals surface area (Å²) < 4.78 is 0. The van der Waals surface area contributed by atoms with Crippen LogP contribution in [0.2, 0.25) is 5.02 Å². The zero-order valence-corrected chi connectivity index (χ0v) is 17.9. The van der Waals surface area contributed by atoms with E-state index < -0.39 is 10.8 Å². The van der Waals surface area contributed by atoms with Gasteiger partial charge in [-0.25, -0.2) is 0 Å². The van der Waals surface area contributed by atoms with Crippen molar-refractivity contribution in [2.75, 3.05) is 11.9 Å². The molecule has 8 heteroatoms. The van der Waals surface area contributed by atoms with Gasteiger partial charge in [0.25, 0.3) is 11.6 Å². The molecule has 1 amide bonds. The zero-order chi connectivity index (χ0) is 23.1. The Morgan fingerprint density at radius 1 is 1.16 bits per heavy atom. The van der Waals surface area contributed by atoms with Gasteiger partial charge >= 0.3 is 0 Å². The topological polar surface area (TPSA) is 99.3 Å². The minimum atomic E-state index is -0.574. The van der Waals surface area contributed by atoms with Crippen LogP contribution in [0.1, 0.15) is 11.1 Å². The predicted molar refractivity (Wildman–Crippen MR) is 124 cm³/mol. The number of hydrogen-bond acceptors (Lipinski definition) is 5. The second-order valence-electron chi connectivity index (χ2n) is 6.88. The van der Waals surface area contributed by atoms with Crippen LogP contribution in [0.3, 0.4) is 0 Å². The van der Waals surface area contributed by atoms with Gasteiger partial charge in [-0.15, -0.1) is 0 Å². The van der Waals surface area contributed by atoms with E-state index in [0.717, 1.165) is 11.3 Å². The van der Waals surface area contributed by atoms with Crippen LogP contribution < -0.4 is 10.2 Å². The van der Waals surface area contributed by atoms with Crippen molar-refractivity contribution in [2.45, 2.75) is 6.54 Å². The van der Waals surface area contributed by atoms with Crippen molar-refractivity contribution in [2.24, 2.45) is 0 Å². The summed E-state index contributed by atoms with van der Waals surface area (Å²) in [4.78, 5) is 25.3. The van der Waals surface area contributed by atoms with Gasteiger partial charge in [-0.05, 0) is 47.5 Å². The Kier molecular flexibility index (Phi) is 7.21. The second kappa shape index (κ2) is 10.2. The number of nitro benzene ring substituents is 1. The molecule has 3 aromatic rings. The van der Waals surface area contributed by atoms with Crippen molar-refractivity contribution in [3.8, 4) is 6.07 Å². The molecule has 0 spiro atoms. The van der Waals surface area contributed by atoms with Crippen molar-refractivity contribution >= 4 is 40.6 Å². The number of hydrogen-bond donors (Lipinski definition) is 1. The number of carbonyl (C=O) groups is 1. The van der Waals surface area contributed by atoms with E-state index in [9.17, 15) is 20.2 Å². The Morgan fingerprint density at radius 2 is 1.84 bits per heavy atom. The van der Waals surface area contributed by atoms with E-state index in [-0.39, 0.29) is 17.8 Å². The summed E-state index contributed by atoms with van der Waals surface area (Å²) in [5.41, 5.74) is 2.09. The van der Waals surface area contributed by atoms with Gasteiger partial charge in [-0.3, -0.25) is 14.9 Å². The molecule has 3 aromatic carbocycles. The molecule has 3 rings (SSSR count). The lowest BCUT2D eigenvalue weighted by molar-refractivity contribution is -0.384. The summed E-state index contributed by atoms with van der Waals surface area (Å²) in [6, 6.07) is 22.6. The van der Waals surface area contributed by atoms with E-state index in [2.05, 4.69) is 5.32 Å². The summed E-state index contributed by atoms with van der Waals surface area (Å²) in [7, 11) is 1.73. The fourth-order valence-electron chi connectivity index (χ4n) is 3.05. The first-order valence-corrected chi connectivity index (χ1v) is 9.98. The van der Waals surface area contributed by atoms with Crippen LogP contribution in [0.4, 0.5) is 17.1 Å². The molecule has 0 bridgehead atoms. The molecular weight excluding hydrogens is 428 g/mol. The molecule has 0 saturated heterocycles. The van der Waals surface area contributed by atoms with Crippen LogP contribution in [0.5, 0.6) is 0 Å². The molecule has 32 heavy (non-hydrogen) atoms. The third-order valence-corrected chi connectivity index (χ3v) is 5.00. The van der Waals surface area contributed by atoms with Crippen molar-refractivity contribution in [3.63, 3.8) is 0 Å². The number of para-hydroxylation sites is 1. The summed E-state index contributed by atoms with van der Waals surface area (Å²) in [5, 5.41) is 24.4. The molecule has 0 aliphatic carbocycles. The fourth-order valence-corrected chi connectivity index (χ4v) is 3.17. The number of amides is 1. The van der Waals surface area contributed by atoms with E-state index in [1.165, 1.54) is 12.1 Å². The quantitative estimate of drug-likeness (QED) is 0.231. The van der Waals surface area contributed by atoms with Crippen LogP contribution in [-0.4, -0.2) is 17.9 Å². The van der Waals surface area contributed by atoms with E-state index in [0.29, 0.717) is 16.3 Å². The predicted octanol–water partition coefficient (Wildman–Crippen LogP) is 5.24. The van der Waals surface area contributed by atoms with E-state index >= 15 is 0 Å². The smallest absolute Gasteiger partial charge is 0.293 e. The summed E-state index contributed by atoms with van der Waals surface area (Å²) in [5.74, 6) is -0.574. The maximum Gasteiger partial charge on any atom is 0.293 e. The molecule has 0 radical (unpaired) electrons. The van der Waals surface area contributed by atoms with Gasteiger partial charge in [0.1, 0.15) is 17.3 Å². The average Bonchev–Trinajstić information content (AvgIpc) is 2.82. The lowest BCUT2D eigenvalue weighted by Gasteiger charge is -2.19. The van der Waals surface area contributed by atoms with E-state index in [4.69, 9.17) is 11.6 Å². The average molecular weight is 447 g/mol. The standard InChI is InChI=1S/C24H19ClN4O3/c1-28(21-5-3-2-4-6-21)22-12-9-18(14-23(22)29(31)32)13-19(15-26)24(30)27-16-17-7-10-20(25)11-8-17/h2-14H,16H2,1H3,(H,27,30)/b19-13-. The minimum absolute atomic E-state index is 0.135. The maximum atomic E-state index is 12.4. The largest absolute Gasteiger partial charge is 0.347 e. The molecule has 7 nitrogen and oxygen atoms in total. The van der Waals surface area contributed by atoms with Crippen LogP contribution in [0.15, 0.2) is 78.4 Å². The van der Waals surface area contributed by atoms with Crippen molar-refractivity contribution < 1.29 is 9.72 Å². The highest BCUT2D eigenvalue weighted by atomic mass is 35.5. The number of carbonyl (C=O) groups excluding carboxylic acids is 1. The van der Waals surface area contributed by atoms with E-state index in [1.807, 2.05) is 36.4 Å². The second-order valence-corrected chi connectivity index (χ2v) is 7.32. The molecular formula is C24H19ClN4O3. The van der Waals surface area contributed by atoms with Crippen molar-refractivity contribution in [1.82, 2.24) is 5.32 Å².